The molecular formula is C15H13N3O2. The van der Waals surface area contributed by atoms with E-state index in [1.807, 2.05) is 18.2 Å². The summed E-state index contributed by atoms with van der Waals surface area (Å²) in [5.41, 5.74) is 3.38. The van der Waals surface area contributed by atoms with Crippen molar-refractivity contribution in [3.8, 4) is 0 Å². The van der Waals surface area contributed by atoms with E-state index < -0.39 is 4.92 Å². The number of hydrogen-bond acceptors (Lipinski definition) is 4. The van der Waals surface area contributed by atoms with Crippen LogP contribution in [0, 0.1) is 10.1 Å². The van der Waals surface area contributed by atoms with Gasteiger partial charge in [0.2, 0.25) is 0 Å². The second-order valence-electron chi connectivity index (χ2n) is 4.68. The maximum Gasteiger partial charge on any atom is 0.269 e. The number of rotatable bonds is 2. The van der Waals surface area contributed by atoms with Gasteiger partial charge in [-0.05, 0) is 35.2 Å². The minimum atomic E-state index is -0.396. The van der Waals surface area contributed by atoms with Crippen LogP contribution in [-0.2, 0) is 6.42 Å². The molecule has 20 heavy (non-hydrogen) atoms. The van der Waals surface area contributed by atoms with Gasteiger partial charge in [0, 0.05) is 12.1 Å². The van der Waals surface area contributed by atoms with Gasteiger partial charge in [0.1, 0.15) is 6.04 Å². The van der Waals surface area contributed by atoms with E-state index in [1.165, 1.54) is 17.7 Å². The third-order valence-corrected chi connectivity index (χ3v) is 3.45. The summed E-state index contributed by atoms with van der Waals surface area (Å²) >= 11 is 0. The van der Waals surface area contributed by atoms with Gasteiger partial charge in [0.05, 0.1) is 11.5 Å². The fraction of sp³-hybridized carbons (Fsp3) is 0.200. The van der Waals surface area contributed by atoms with Gasteiger partial charge in [0.25, 0.3) is 5.69 Å². The maximum absolute atomic E-state index is 10.7. The lowest BCUT2D eigenvalue weighted by atomic mass is 9.94. The van der Waals surface area contributed by atoms with Crippen molar-refractivity contribution in [2.45, 2.75) is 12.5 Å². The number of nitro benzene ring substituents is 1. The van der Waals surface area contributed by atoms with E-state index >= 15 is 0 Å². The summed E-state index contributed by atoms with van der Waals surface area (Å²) < 4.78 is 0. The van der Waals surface area contributed by atoms with Crippen LogP contribution in [-0.4, -0.2) is 11.5 Å². The molecule has 0 amide bonds. The number of azo groups is 1. The van der Waals surface area contributed by atoms with Gasteiger partial charge in [-0.1, -0.05) is 24.3 Å². The van der Waals surface area contributed by atoms with E-state index in [0.29, 0.717) is 6.54 Å². The molecule has 0 bridgehead atoms. The summed E-state index contributed by atoms with van der Waals surface area (Å²) in [6.45, 7) is 0.681. The Labute approximate surface area is 116 Å². The summed E-state index contributed by atoms with van der Waals surface area (Å²) in [6, 6.07) is 14.5. The molecule has 100 valence electrons. The smallest absolute Gasteiger partial charge is 0.258 e. The van der Waals surface area contributed by atoms with Gasteiger partial charge in [-0.2, -0.15) is 10.2 Å². The number of fused-ring (bicyclic) bond motifs is 1. The molecule has 1 heterocycles. The molecule has 0 saturated heterocycles. The van der Waals surface area contributed by atoms with E-state index in [0.717, 1.165) is 17.5 Å². The maximum atomic E-state index is 10.7. The van der Waals surface area contributed by atoms with Crippen LogP contribution in [0.15, 0.2) is 58.8 Å². The lowest BCUT2D eigenvalue weighted by Gasteiger charge is -2.13. The van der Waals surface area contributed by atoms with Crippen molar-refractivity contribution in [2.24, 2.45) is 10.2 Å². The standard InChI is InChI=1S/C15H13N3O2/c19-18(20)13-7-5-12(6-8-13)15-14-4-2-1-3-11(14)9-10-16-17-15/h1-8,15H,9-10H2. The first-order valence-corrected chi connectivity index (χ1v) is 6.44. The minimum absolute atomic E-state index is 0.0904. The largest absolute Gasteiger partial charge is 0.269 e. The van der Waals surface area contributed by atoms with Gasteiger partial charge in [-0.25, -0.2) is 0 Å². The van der Waals surface area contributed by atoms with Crippen LogP contribution in [0.4, 0.5) is 5.69 Å². The molecule has 1 unspecified atom stereocenters. The highest BCUT2D eigenvalue weighted by Crippen LogP contribution is 2.32. The Hall–Kier alpha value is -2.56. The zero-order chi connectivity index (χ0) is 13.9. The molecule has 2 aromatic rings. The fourth-order valence-electron chi connectivity index (χ4n) is 2.43. The van der Waals surface area contributed by atoms with E-state index in [2.05, 4.69) is 16.3 Å². The van der Waals surface area contributed by atoms with Crippen LogP contribution in [0.2, 0.25) is 0 Å². The topological polar surface area (TPSA) is 67.9 Å². The van der Waals surface area contributed by atoms with Crippen LogP contribution in [0.25, 0.3) is 0 Å². The monoisotopic (exact) mass is 267 g/mol. The number of nitro groups is 1. The number of nitrogens with zero attached hydrogens (tertiary/aromatic N) is 3. The minimum Gasteiger partial charge on any atom is -0.258 e. The Morgan fingerprint density at radius 1 is 1.10 bits per heavy atom. The van der Waals surface area contributed by atoms with Crippen molar-refractivity contribution in [3.63, 3.8) is 0 Å². The highest BCUT2D eigenvalue weighted by Gasteiger charge is 2.19. The van der Waals surface area contributed by atoms with Gasteiger partial charge in [0.15, 0.2) is 0 Å². The quantitative estimate of drug-likeness (QED) is 0.615. The molecule has 1 aliphatic heterocycles. The highest BCUT2D eigenvalue weighted by atomic mass is 16.6. The summed E-state index contributed by atoms with van der Waals surface area (Å²) in [7, 11) is 0. The van der Waals surface area contributed by atoms with Crippen LogP contribution >= 0.6 is 0 Å². The molecule has 2 aromatic carbocycles. The molecule has 0 fully saturated rings. The predicted octanol–water partition coefficient (Wildman–Crippen LogP) is 3.69. The molecule has 0 radical (unpaired) electrons. The summed E-state index contributed by atoms with van der Waals surface area (Å²) in [5, 5.41) is 19.3. The van der Waals surface area contributed by atoms with Crippen molar-refractivity contribution in [1.29, 1.82) is 0 Å². The van der Waals surface area contributed by atoms with Gasteiger partial charge in [-0.3, -0.25) is 10.1 Å². The Morgan fingerprint density at radius 2 is 1.85 bits per heavy atom. The van der Waals surface area contributed by atoms with Crippen molar-refractivity contribution >= 4 is 5.69 Å². The van der Waals surface area contributed by atoms with Crippen molar-refractivity contribution in [1.82, 2.24) is 0 Å². The highest BCUT2D eigenvalue weighted by molar-refractivity contribution is 5.41. The lowest BCUT2D eigenvalue weighted by molar-refractivity contribution is -0.384. The predicted molar refractivity (Wildman–Crippen MR) is 74.8 cm³/mol. The zero-order valence-electron chi connectivity index (χ0n) is 10.8. The average molecular weight is 267 g/mol. The fourth-order valence-corrected chi connectivity index (χ4v) is 2.43. The second kappa shape index (κ2) is 5.21. The molecule has 0 aromatic heterocycles. The molecule has 5 nitrogen and oxygen atoms in total. The Bertz CT molecular complexity index is 665. The van der Waals surface area contributed by atoms with Crippen LogP contribution in [0.1, 0.15) is 22.7 Å². The van der Waals surface area contributed by atoms with Gasteiger partial charge in [-0.15, -0.1) is 0 Å². The third-order valence-electron chi connectivity index (χ3n) is 3.45. The lowest BCUT2D eigenvalue weighted by Crippen LogP contribution is -2.01. The molecule has 0 aliphatic carbocycles. The zero-order valence-corrected chi connectivity index (χ0v) is 10.8. The first-order valence-electron chi connectivity index (χ1n) is 6.44. The Balaban J connectivity index is 2.02. The molecule has 0 N–H and O–H groups in total. The summed E-state index contributed by atoms with van der Waals surface area (Å²) in [6.07, 6.45) is 0.878. The molecule has 5 heteroatoms. The molecule has 0 saturated carbocycles. The van der Waals surface area contributed by atoms with Crippen LogP contribution < -0.4 is 0 Å². The van der Waals surface area contributed by atoms with Crippen LogP contribution in [0.5, 0.6) is 0 Å². The Kier molecular flexibility index (Phi) is 3.25. The van der Waals surface area contributed by atoms with E-state index in [-0.39, 0.29) is 11.7 Å². The van der Waals surface area contributed by atoms with Crippen molar-refractivity contribution in [3.05, 3.63) is 75.3 Å². The first-order chi connectivity index (χ1) is 9.75. The molecular weight excluding hydrogens is 254 g/mol. The average Bonchev–Trinajstić information content (AvgIpc) is 2.69. The van der Waals surface area contributed by atoms with E-state index in [4.69, 9.17) is 0 Å². The van der Waals surface area contributed by atoms with E-state index in [9.17, 15) is 10.1 Å². The number of non-ortho nitro benzene ring substituents is 1. The molecule has 1 aliphatic rings. The van der Waals surface area contributed by atoms with Gasteiger partial charge >= 0.3 is 0 Å². The van der Waals surface area contributed by atoms with Crippen molar-refractivity contribution in [2.75, 3.05) is 6.54 Å². The first kappa shape index (κ1) is 12.5. The van der Waals surface area contributed by atoms with Gasteiger partial charge < -0.3 is 0 Å². The normalized spacial score (nSPS) is 17.3. The molecule has 3 rings (SSSR count). The Morgan fingerprint density at radius 3 is 2.60 bits per heavy atom. The third kappa shape index (κ3) is 2.30. The number of hydrogen-bond donors (Lipinski definition) is 0. The van der Waals surface area contributed by atoms with Crippen LogP contribution in [0.3, 0.4) is 0 Å². The SMILES string of the molecule is O=[N+]([O-])c1ccc(C2N=NCCc3ccccc32)cc1. The summed E-state index contributed by atoms with van der Waals surface area (Å²) in [4.78, 5) is 10.3. The number of benzene rings is 2. The van der Waals surface area contributed by atoms with Crippen molar-refractivity contribution < 1.29 is 4.92 Å². The summed E-state index contributed by atoms with van der Waals surface area (Å²) in [5.74, 6) is 0. The van der Waals surface area contributed by atoms with E-state index in [1.54, 1.807) is 12.1 Å². The molecule has 1 atom stereocenters. The molecule has 0 spiro atoms. The second-order valence-corrected chi connectivity index (χ2v) is 4.68.